The number of rotatable bonds is 0. The number of halogens is 2. The predicted octanol–water partition coefficient (Wildman–Crippen LogP) is 9.30. The zero-order valence-electron chi connectivity index (χ0n) is 22.2. The summed E-state index contributed by atoms with van der Waals surface area (Å²) in [6.45, 7) is 3.82. The standard InChI is InChI=1S/C25H28Cl2N8O2P4/c1-33-14-13-28-39(33)31-40-29-38(26,27)30-41(32-39)35(19-23-10-3-5-12-25(23)37-41)17-21-8-6-7-20(15-21)16-34(40)18-22-9-2-4-11-24(22)36-40/h2-12,15,28H,13-14,16-19H2,1H3. The molecule has 0 amide bonds. The Balaban J connectivity index is 1.49. The number of nitrogens with zero attached hydrogens (tertiary/aromatic N) is 7. The highest BCUT2D eigenvalue weighted by molar-refractivity contribution is 8.12. The fourth-order valence-corrected chi connectivity index (χ4v) is 23.1. The molecule has 6 aliphatic heterocycles. The van der Waals surface area contributed by atoms with Crippen molar-refractivity contribution in [1.82, 2.24) is 19.1 Å². The summed E-state index contributed by atoms with van der Waals surface area (Å²) in [4.78, 5) is 0. The number of fused-ring (bicyclic) bond motifs is 3. The summed E-state index contributed by atoms with van der Waals surface area (Å²) in [5, 5.41) is 3.69. The summed E-state index contributed by atoms with van der Waals surface area (Å²) in [6, 6.07) is 24.7. The van der Waals surface area contributed by atoms with Crippen molar-refractivity contribution in [3.8, 4) is 11.5 Å². The van der Waals surface area contributed by atoms with Crippen molar-refractivity contribution in [1.29, 1.82) is 0 Å². The lowest BCUT2D eigenvalue weighted by atomic mass is 10.1. The first-order valence-electron chi connectivity index (χ1n) is 13.3. The van der Waals surface area contributed by atoms with Crippen LogP contribution in [-0.4, -0.2) is 34.1 Å². The van der Waals surface area contributed by atoms with Crippen molar-refractivity contribution in [2.75, 3.05) is 20.1 Å². The van der Waals surface area contributed by atoms with E-state index >= 15 is 0 Å². The van der Waals surface area contributed by atoms with E-state index in [1.165, 1.54) is 0 Å². The van der Waals surface area contributed by atoms with E-state index in [-0.39, 0.29) is 0 Å². The number of hydrogen-bond donors (Lipinski definition) is 1. The van der Waals surface area contributed by atoms with E-state index in [9.17, 15) is 0 Å². The zero-order chi connectivity index (χ0) is 27.9. The van der Waals surface area contributed by atoms with E-state index in [0.29, 0.717) is 26.2 Å². The Morgan fingerprint density at radius 2 is 1.29 bits per heavy atom. The van der Waals surface area contributed by atoms with Crippen molar-refractivity contribution >= 4 is 51.1 Å². The smallest absolute Gasteiger partial charge is 0.334 e. The SMILES string of the molecule is CN1CCNP12=NP13=NP(Cl)(Cl)=NP4(=N2)Oc2ccccc2CN4Cc2cccc(c2)CN1Cc1ccccc1O3. The lowest BCUT2D eigenvalue weighted by Crippen LogP contribution is -2.29. The highest BCUT2D eigenvalue weighted by atomic mass is 35.9. The third kappa shape index (κ3) is 4.64. The lowest BCUT2D eigenvalue weighted by Gasteiger charge is -2.43. The Bertz CT molecular complexity index is 1750. The van der Waals surface area contributed by atoms with E-state index in [4.69, 9.17) is 49.6 Å². The maximum atomic E-state index is 7.21. The monoisotopic (exact) mass is 666 g/mol. The van der Waals surface area contributed by atoms with E-state index in [1.54, 1.807) is 0 Å². The summed E-state index contributed by atoms with van der Waals surface area (Å²) in [5.74, 6) is -1.92. The maximum absolute atomic E-state index is 7.21. The first kappa shape index (κ1) is 27.2. The number of nitrogens with one attached hydrogen (secondary N) is 1. The van der Waals surface area contributed by atoms with Gasteiger partial charge in [-0.1, -0.05) is 60.7 Å². The predicted molar refractivity (Wildman–Crippen MR) is 169 cm³/mol. The van der Waals surface area contributed by atoms with Crippen LogP contribution in [0.2, 0.25) is 0 Å². The molecule has 6 heterocycles. The number of benzene rings is 3. The second-order valence-electron chi connectivity index (χ2n) is 10.6. The Kier molecular flexibility index (Phi) is 6.50. The van der Waals surface area contributed by atoms with Crippen molar-refractivity contribution in [3.63, 3.8) is 0 Å². The molecular weight excluding hydrogens is 639 g/mol. The average Bonchev–Trinajstić information content (AvgIpc) is 3.26. The molecule has 1 fully saturated rings. The van der Waals surface area contributed by atoms with Gasteiger partial charge in [0.15, 0.2) is 0 Å². The zero-order valence-corrected chi connectivity index (χ0v) is 27.3. The molecule has 6 aliphatic rings. The van der Waals surface area contributed by atoms with Gasteiger partial charge in [-0.15, -0.1) is 0 Å². The quantitative estimate of drug-likeness (QED) is 0.241. The minimum absolute atomic E-state index is 0.570. The summed E-state index contributed by atoms with van der Waals surface area (Å²) < 4.78 is 42.0. The van der Waals surface area contributed by atoms with Gasteiger partial charge in [-0.3, -0.25) is 5.09 Å². The van der Waals surface area contributed by atoms with Gasteiger partial charge in [0, 0.05) is 50.4 Å². The number of para-hydroxylation sites is 2. The van der Waals surface area contributed by atoms with Gasteiger partial charge in [-0.05, 0) is 52.8 Å². The van der Waals surface area contributed by atoms with Gasteiger partial charge in [-0.25, -0.2) is 14.0 Å². The van der Waals surface area contributed by atoms with Crippen LogP contribution in [0.5, 0.6) is 11.5 Å². The lowest BCUT2D eigenvalue weighted by molar-refractivity contribution is 0.356. The molecule has 16 heteroatoms. The Labute approximate surface area is 249 Å². The molecule has 0 saturated carbocycles. The molecule has 9 rings (SSSR count). The van der Waals surface area contributed by atoms with Gasteiger partial charge >= 0.3 is 15.2 Å². The summed E-state index contributed by atoms with van der Waals surface area (Å²) in [6.07, 6.45) is 0. The van der Waals surface area contributed by atoms with Crippen LogP contribution in [0, 0.1) is 0 Å². The molecule has 41 heavy (non-hydrogen) atoms. The highest BCUT2D eigenvalue weighted by Gasteiger charge is 2.49. The molecule has 3 atom stereocenters. The van der Waals surface area contributed by atoms with Crippen molar-refractivity contribution in [2.45, 2.75) is 26.2 Å². The van der Waals surface area contributed by atoms with Crippen LogP contribution in [0.3, 0.4) is 0 Å². The number of likely N-dealkylation sites (N-methyl/N-ethyl adjacent to an activating group) is 1. The fourth-order valence-electron chi connectivity index (χ4n) is 5.75. The van der Waals surface area contributed by atoms with Crippen LogP contribution >= 0.6 is 51.1 Å². The molecule has 214 valence electrons. The largest absolute Gasteiger partial charge is 0.430 e. The van der Waals surface area contributed by atoms with E-state index in [0.717, 1.165) is 46.8 Å². The molecule has 0 aromatic heterocycles. The van der Waals surface area contributed by atoms with Crippen LogP contribution in [0.15, 0.2) is 90.9 Å². The topological polar surface area (TPSA) is 89.6 Å². The fraction of sp³-hybridized carbons (Fsp3) is 0.280. The highest BCUT2D eigenvalue weighted by Crippen LogP contribution is 2.84. The van der Waals surface area contributed by atoms with Gasteiger partial charge < -0.3 is 9.05 Å². The van der Waals surface area contributed by atoms with Crippen LogP contribution in [0.4, 0.5) is 0 Å². The molecular formula is C25H28Cl2N8O2P4. The molecule has 1 saturated heterocycles. The molecule has 10 nitrogen and oxygen atoms in total. The first-order chi connectivity index (χ1) is 19.8. The van der Waals surface area contributed by atoms with E-state index in [1.807, 2.05) is 36.4 Å². The van der Waals surface area contributed by atoms with E-state index < -0.39 is 28.6 Å². The molecule has 1 N–H and O–H groups in total. The van der Waals surface area contributed by atoms with Crippen LogP contribution in [-0.2, 0) is 26.2 Å². The minimum Gasteiger partial charge on any atom is -0.430 e. The van der Waals surface area contributed by atoms with Crippen LogP contribution < -0.4 is 14.1 Å². The van der Waals surface area contributed by atoms with Crippen LogP contribution in [0.1, 0.15) is 22.3 Å². The van der Waals surface area contributed by atoms with Crippen LogP contribution in [0.25, 0.3) is 0 Å². The first-order valence-corrected chi connectivity index (χ1v) is 21.6. The van der Waals surface area contributed by atoms with Gasteiger partial charge in [-0.2, -0.15) is 18.1 Å². The Morgan fingerprint density at radius 1 is 0.707 bits per heavy atom. The maximum Gasteiger partial charge on any atom is 0.334 e. The second kappa shape index (κ2) is 9.81. The summed E-state index contributed by atoms with van der Waals surface area (Å²) >= 11 is 14.4. The molecule has 4 bridgehead atoms. The molecule has 3 aromatic carbocycles. The van der Waals surface area contributed by atoms with Gasteiger partial charge in [0.2, 0.25) is 7.51 Å². The molecule has 3 spiro atoms. The molecule has 3 aromatic rings. The third-order valence-corrected chi connectivity index (χ3v) is 22.3. The van der Waals surface area contributed by atoms with Crippen molar-refractivity contribution in [2.24, 2.45) is 18.1 Å². The number of hydrogen-bond acceptors (Lipinski definition) is 10. The van der Waals surface area contributed by atoms with E-state index in [2.05, 4.69) is 62.5 Å². The second-order valence-corrected chi connectivity index (χ2v) is 23.4. The summed E-state index contributed by atoms with van der Waals surface area (Å²) in [7, 11) is -7.16. The van der Waals surface area contributed by atoms with Gasteiger partial charge in [0.25, 0.3) is 5.91 Å². The normalized spacial score (nSPS) is 32.0. The van der Waals surface area contributed by atoms with Crippen molar-refractivity contribution < 1.29 is 9.05 Å². The third-order valence-electron chi connectivity index (χ3n) is 7.72. The Hall–Kier alpha value is -1.40. The Morgan fingerprint density at radius 3 is 1.88 bits per heavy atom. The molecule has 3 unspecified atom stereocenters. The minimum atomic E-state index is -3.41. The van der Waals surface area contributed by atoms with Gasteiger partial charge in [0.05, 0.1) is 0 Å². The summed E-state index contributed by atoms with van der Waals surface area (Å²) in [5.41, 5.74) is 4.42. The van der Waals surface area contributed by atoms with Gasteiger partial charge in [0.1, 0.15) is 11.5 Å². The molecule has 0 radical (unpaired) electrons. The molecule has 0 aliphatic carbocycles. The van der Waals surface area contributed by atoms with Crippen molar-refractivity contribution in [3.05, 3.63) is 95.1 Å². The average molecular weight is 667 g/mol.